The first kappa shape index (κ1) is 14.9. The number of aromatic nitrogens is 2. The molecule has 0 unspecified atom stereocenters. The average molecular weight is 319 g/mol. The fourth-order valence-electron chi connectivity index (χ4n) is 3.45. The van der Waals surface area contributed by atoms with Crippen LogP contribution >= 0.6 is 0 Å². The molecule has 0 aliphatic heterocycles. The predicted molar refractivity (Wildman–Crippen MR) is 96.9 cm³/mol. The van der Waals surface area contributed by atoms with Crippen LogP contribution in [-0.2, 0) is 4.79 Å². The lowest BCUT2D eigenvalue weighted by Gasteiger charge is -2.08. The van der Waals surface area contributed by atoms with Crippen LogP contribution in [0.15, 0.2) is 42.5 Å². The molecule has 0 radical (unpaired) electrons. The van der Waals surface area contributed by atoms with Crippen LogP contribution in [-0.4, -0.2) is 16.1 Å². The third kappa shape index (κ3) is 2.80. The fraction of sp³-hybridized carbons (Fsp3) is 0.300. The summed E-state index contributed by atoms with van der Waals surface area (Å²) in [6.07, 6.45) is 4.29. The molecule has 0 bridgehead atoms. The Labute approximate surface area is 141 Å². The van der Waals surface area contributed by atoms with E-state index in [2.05, 4.69) is 58.8 Å². The summed E-state index contributed by atoms with van der Waals surface area (Å²) in [5.41, 5.74) is 4.50. The highest BCUT2D eigenvalue weighted by Crippen LogP contribution is 2.29. The molecule has 1 heterocycles. The second kappa shape index (κ2) is 6.11. The van der Waals surface area contributed by atoms with Crippen molar-refractivity contribution in [1.82, 2.24) is 10.2 Å². The summed E-state index contributed by atoms with van der Waals surface area (Å²) in [7, 11) is 0. The van der Waals surface area contributed by atoms with E-state index < -0.39 is 0 Å². The van der Waals surface area contributed by atoms with Gasteiger partial charge in [0.25, 0.3) is 0 Å². The minimum Gasteiger partial charge on any atom is -0.308 e. The molecular formula is C20H21N3O. The maximum atomic E-state index is 12.3. The van der Waals surface area contributed by atoms with Crippen LogP contribution in [0.3, 0.4) is 0 Å². The zero-order valence-corrected chi connectivity index (χ0v) is 13.8. The largest absolute Gasteiger partial charge is 0.308 e. The number of anilines is 1. The Morgan fingerprint density at radius 1 is 1.08 bits per heavy atom. The number of carbonyl (C=O) groups excluding carboxylic acids is 1. The number of nitrogens with zero attached hydrogens (tertiary/aromatic N) is 1. The molecule has 4 heteroatoms. The van der Waals surface area contributed by atoms with Gasteiger partial charge in [-0.1, -0.05) is 48.7 Å². The van der Waals surface area contributed by atoms with Gasteiger partial charge in [0.05, 0.1) is 5.52 Å². The molecule has 1 fully saturated rings. The van der Waals surface area contributed by atoms with Gasteiger partial charge < -0.3 is 5.32 Å². The molecule has 24 heavy (non-hydrogen) atoms. The van der Waals surface area contributed by atoms with Gasteiger partial charge in [-0.3, -0.25) is 9.89 Å². The minimum absolute atomic E-state index is 0.100. The lowest BCUT2D eigenvalue weighted by molar-refractivity contribution is -0.119. The summed E-state index contributed by atoms with van der Waals surface area (Å²) in [5.74, 6) is 0.879. The van der Waals surface area contributed by atoms with Gasteiger partial charge in [-0.05, 0) is 43.0 Å². The molecule has 2 N–H and O–H groups in total. The summed E-state index contributed by atoms with van der Waals surface area (Å²) < 4.78 is 0. The van der Waals surface area contributed by atoms with E-state index in [4.69, 9.17) is 0 Å². The number of H-pyrrole nitrogens is 1. The average Bonchev–Trinajstić information content (AvgIpc) is 3.25. The van der Waals surface area contributed by atoms with Crippen molar-refractivity contribution in [2.75, 3.05) is 5.32 Å². The molecule has 0 saturated heterocycles. The molecule has 1 aliphatic rings. The fourth-order valence-corrected chi connectivity index (χ4v) is 3.45. The molecule has 1 amide bonds. The highest BCUT2D eigenvalue weighted by atomic mass is 16.2. The van der Waals surface area contributed by atoms with E-state index in [0.29, 0.717) is 5.82 Å². The van der Waals surface area contributed by atoms with Crippen LogP contribution in [0.1, 0.15) is 31.2 Å². The number of hydrogen-bond donors (Lipinski definition) is 2. The molecule has 3 aromatic rings. The number of fused-ring (bicyclic) bond motifs is 1. The van der Waals surface area contributed by atoms with E-state index in [1.54, 1.807) is 0 Å². The Morgan fingerprint density at radius 2 is 1.79 bits per heavy atom. The second-order valence-corrected chi connectivity index (χ2v) is 6.67. The number of benzene rings is 2. The van der Waals surface area contributed by atoms with Crippen LogP contribution in [0.2, 0.25) is 0 Å². The molecule has 0 atom stereocenters. The Morgan fingerprint density at radius 3 is 2.54 bits per heavy atom. The molecule has 4 nitrogen and oxygen atoms in total. The smallest absolute Gasteiger partial charge is 0.228 e. The van der Waals surface area contributed by atoms with Gasteiger partial charge in [-0.25, -0.2) is 0 Å². The Bertz CT molecular complexity index is 874. The first-order valence-corrected chi connectivity index (χ1v) is 8.57. The second-order valence-electron chi connectivity index (χ2n) is 6.67. The summed E-state index contributed by atoms with van der Waals surface area (Å²) in [4.78, 5) is 12.3. The molecule has 2 aromatic carbocycles. The van der Waals surface area contributed by atoms with Crippen LogP contribution in [0.5, 0.6) is 0 Å². The van der Waals surface area contributed by atoms with E-state index in [9.17, 15) is 4.79 Å². The van der Waals surface area contributed by atoms with Crippen LogP contribution in [0.4, 0.5) is 5.82 Å². The number of aromatic amines is 1. The maximum Gasteiger partial charge on any atom is 0.228 e. The molecule has 1 aliphatic carbocycles. The first-order valence-electron chi connectivity index (χ1n) is 8.57. The normalized spacial score (nSPS) is 15.0. The zero-order valence-electron chi connectivity index (χ0n) is 13.8. The number of carbonyl (C=O) groups is 1. The molecule has 122 valence electrons. The Kier molecular flexibility index (Phi) is 3.81. The van der Waals surface area contributed by atoms with Gasteiger partial charge in [-0.15, -0.1) is 0 Å². The third-order valence-electron chi connectivity index (χ3n) is 4.92. The van der Waals surface area contributed by atoms with Gasteiger partial charge in [0, 0.05) is 11.3 Å². The van der Waals surface area contributed by atoms with Crippen molar-refractivity contribution in [3.63, 3.8) is 0 Å². The molecule has 0 spiro atoms. The molecular weight excluding hydrogens is 298 g/mol. The van der Waals surface area contributed by atoms with E-state index in [1.807, 2.05) is 6.07 Å². The SMILES string of the molecule is Cc1ccc(-c2ccc3c(NC(=O)C4CCCC4)n[nH]c3c2)cc1. The van der Waals surface area contributed by atoms with Gasteiger partial charge in [0.1, 0.15) is 0 Å². The van der Waals surface area contributed by atoms with Crippen molar-refractivity contribution >= 4 is 22.6 Å². The van der Waals surface area contributed by atoms with Crippen molar-refractivity contribution in [2.24, 2.45) is 5.92 Å². The summed E-state index contributed by atoms with van der Waals surface area (Å²) in [6, 6.07) is 14.6. The van der Waals surface area contributed by atoms with Crippen molar-refractivity contribution in [3.05, 3.63) is 48.0 Å². The van der Waals surface area contributed by atoms with Gasteiger partial charge in [0.15, 0.2) is 5.82 Å². The number of amides is 1. The quantitative estimate of drug-likeness (QED) is 0.737. The van der Waals surface area contributed by atoms with Crippen LogP contribution < -0.4 is 5.32 Å². The number of rotatable bonds is 3. The number of aryl methyl sites for hydroxylation is 1. The van der Waals surface area contributed by atoms with Crippen LogP contribution in [0, 0.1) is 12.8 Å². The summed E-state index contributed by atoms with van der Waals surface area (Å²) in [6.45, 7) is 2.08. The lowest BCUT2D eigenvalue weighted by atomic mass is 10.0. The first-order chi connectivity index (χ1) is 11.7. The monoisotopic (exact) mass is 319 g/mol. The van der Waals surface area contributed by atoms with Crippen molar-refractivity contribution < 1.29 is 4.79 Å². The molecule has 1 saturated carbocycles. The molecule has 4 rings (SSSR count). The number of hydrogen-bond acceptors (Lipinski definition) is 2. The zero-order chi connectivity index (χ0) is 16.5. The minimum atomic E-state index is 0.100. The van der Waals surface area contributed by atoms with E-state index in [-0.39, 0.29) is 11.8 Å². The van der Waals surface area contributed by atoms with Crippen molar-refractivity contribution in [1.29, 1.82) is 0 Å². The highest BCUT2D eigenvalue weighted by molar-refractivity contribution is 6.01. The predicted octanol–water partition coefficient (Wildman–Crippen LogP) is 4.67. The van der Waals surface area contributed by atoms with Gasteiger partial charge in [0.2, 0.25) is 5.91 Å². The van der Waals surface area contributed by atoms with Crippen molar-refractivity contribution in [2.45, 2.75) is 32.6 Å². The maximum absolute atomic E-state index is 12.3. The number of nitrogens with one attached hydrogen (secondary N) is 2. The Balaban J connectivity index is 1.60. The van der Waals surface area contributed by atoms with E-state index in [1.165, 1.54) is 11.1 Å². The Hall–Kier alpha value is -2.62. The summed E-state index contributed by atoms with van der Waals surface area (Å²) in [5, 5.41) is 11.3. The third-order valence-corrected chi connectivity index (χ3v) is 4.92. The van der Waals surface area contributed by atoms with Crippen LogP contribution in [0.25, 0.3) is 22.0 Å². The van der Waals surface area contributed by atoms with E-state index in [0.717, 1.165) is 42.1 Å². The van der Waals surface area contributed by atoms with Gasteiger partial charge >= 0.3 is 0 Å². The topological polar surface area (TPSA) is 57.8 Å². The van der Waals surface area contributed by atoms with Gasteiger partial charge in [-0.2, -0.15) is 5.10 Å². The highest BCUT2D eigenvalue weighted by Gasteiger charge is 2.23. The van der Waals surface area contributed by atoms with Crippen molar-refractivity contribution in [3.8, 4) is 11.1 Å². The standard InChI is InChI=1S/C20H21N3O/c1-13-6-8-14(9-7-13)16-10-11-17-18(12-16)22-23-19(17)21-20(24)15-4-2-3-5-15/h6-12,15H,2-5H2,1H3,(H2,21,22,23,24). The summed E-state index contributed by atoms with van der Waals surface area (Å²) >= 11 is 0. The molecule has 1 aromatic heterocycles. The van der Waals surface area contributed by atoms with E-state index >= 15 is 0 Å². The lowest BCUT2D eigenvalue weighted by Crippen LogP contribution is -2.20.